The zero-order valence-corrected chi connectivity index (χ0v) is 13.5. The molecule has 0 bridgehead atoms. The maximum Gasteiger partial charge on any atom is 0.270 e. The quantitative estimate of drug-likeness (QED) is 0.644. The second kappa shape index (κ2) is 7.51. The minimum absolute atomic E-state index is 0.0884. The molecule has 0 radical (unpaired) electrons. The van der Waals surface area contributed by atoms with Crippen molar-refractivity contribution in [3.05, 3.63) is 0 Å². The van der Waals surface area contributed by atoms with E-state index in [1.807, 2.05) is 0 Å². The van der Waals surface area contributed by atoms with Gasteiger partial charge in [-0.05, 0) is 7.05 Å². The summed E-state index contributed by atoms with van der Waals surface area (Å²) in [5.41, 5.74) is 5.56. The molecular weight excluding hydrogens is 302 g/mol. The largest absolute Gasteiger partial charge is 0.373 e. The second-order valence-electron chi connectivity index (χ2n) is 5.87. The van der Waals surface area contributed by atoms with E-state index in [0.29, 0.717) is 44.8 Å². The number of hydrazone groups is 1. The highest BCUT2D eigenvalue weighted by molar-refractivity contribution is 6.39. The summed E-state index contributed by atoms with van der Waals surface area (Å²) >= 11 is 0. The van der Waals surface area contributed by atoms with Gasteiger partial charge >= 0.3 is 0 Å². The summed E-state index contributed by atoms with van der Waals surface area (Å²) in [5, 5.41) is 5.28. The van der Waals surface area contributed by atoms with Crippen LogP contribution in [0.1, 0.15) is 12.8 Å². The number of hydrogen-bond acceptors (Lipinski definition) is 6. The number of primary amides is 1. The molecule has 9 nitrogen and oxygen atoms in total. The van der Waals surface area contributed by atoms with Crippen LogP contribution in [-0.2, 0) is 19.1 Å². The molecule has 3 amide bonds. The van der Waals surface area contributed by atoms with Crippen LogP contribution in [0.15, 0.2) is 5.10 Å². The maximum atomic E-state index is 12.5. The summed E-state index contributed by atoms with van der Waals surface area (Å²) in [6.45, 7) is 2.01. The average molecular weight is 325 g/mol. The van der Waals surface area contributed by atoms with E-state index in [-0.39, 0.29) is 24.5 Å². The highest BCUT2D eigenvalue weighted by Crippen LogP contribution is 2.12. The van der Waals surface area contributed by atoms with Gasteiger partial charge in [0.2, 0.25) is 11.8 Å². The summed E-state index contributed by atoms with van der Waals surface area (Å²) in [5.74, 6) is -0.648. The molecule has 9 heteroatoms. The Morgan fingerprint density at radius 2 is 2.17 bits per heavy atom. The van der Waals surface area contributed by atoms with E-state index in [9.17, 15) is 14.4 Å². The summed E-state index contributed by atoms with van der Waals surface area (Å²) in [6, 6.07) is 0. The lowest BCUT2D eigenvalue weighted by Gasteiger charge is -2.35. The number of ether oxygens (including phenoxy) is 1. The van der Waals surface area contributed by atoms with Gasteiger partial charge in [-0.1, -0.05) is 0 Å². The van der Waals surface area contributed by atoms with Gasteiger partial charge in [-0.3, -0.25) is 19.3 Å². The van der Waals surface area contributed by atoms with Gasteiger partial charge in [-0.2, -0.15) is 5.10 Å². The molecule has 2 rings (SSSR count). The van der Waals surface area contributed by atoms with Gasteiger partial charge in [0, 0.05) is 39.5 Å². The van der Waals surface area contributed by atoms with Gasteiger partial charge < -0.3 is 15.4 Å². The normalized spacial score (nSPS) is 22.3. The lowest BCUT2D eigenvalue weighted by Crippen LogP contribution is -2.52. The molecule has 23 heavy (non-hydrogen) atoms. The van der Waals surface area contributed by atoms with Crippen LogP contribution in [0, 0.1) is 0 Å². The second-order valence-corrected chi connectivity index (χ2v) is 5.87. The lowest BCUT2D eigenvalue weighted by atomic mass is 10.1. The van der Waals surface area contributed by atoms with Crippen molar-refractivity contribution < 1.29 is 19.1 Å². The SMILES string of the molecule is CN(CC(N)=O)C[C@H]1CN(C(=O)C2=NN(C)C(=O)CC2)CCO1. The van der Waals surface area contributed by atoms with E-state index < -0.39 is 5.91 Å². The first-order valence-electron chi connectivity index (χ1n) is 7.58. The third-order valence-corrected chi connectivity index (χ3v) is 3.82. The third-order valence-electron chi connectivity index (χ3n) is 3.82. The van der Waals surface area contributed by atoms with Crippen molar-refractivity contribution in [3.8, 4) is 0 Å². The van der Waals surface area contributed by atoms with Crippen molar-refractivity contribution in [1.29, 1.82) is 0 Å². The Balaban J connectivity index is 1.93. The van der Waals surface area contributed by atoms with Gasteiger partial charge in [-0.15, -0.1) is 0 Å². The maximum absolute atomic E-state index is 12.5. The average Bonchev–Trinajstić information content (AvgIpc) is 2.48. The number of morpholine rings is 1. The highest BCUT2D eigenvalue weighted by atomic mass is 16.5. The van der Waals surface area contributed by atoms with Gasteiger partial charge in [0.05, 0.1) is 19.3 Å². The van der Waals surface area contributed by atoms with Crippen LogP contribution in [0.5, 0.6) is 0 Å². The van der Waals surface area contributed by atoms with Gasteiger partial charge in [0.25, 0.3) is 5.91 Å². The molecule has 2 N–H and O–H groups in total. The molecule has 2 aliphatic heterocycles. The molecule has 0 aromatic carbocycles. The topological polar surface area (TPSA) is 109 Å². The van der Waals surface area contributed by atoms with Crippen LogP contribution in [0.2, 0.25) is 0 Å². The minimum Gasteiger partial charge on any atom is -0.373 e. The number of amides is 3. The first-order valence-corrected chi connectivity index (χ1v) is 7.58. The first-order chi connectivity index (χ1) is 10.9. The molecule has 0 spiro atoms. The van der Waals surface area contributed by atoms with E-state index in [4.69, 9.17) is 10.5 Å². The lowest BCUT2D eigenvalue weighted by molar-refractivity contribution is -0.134. The highest BCUT2D eigenvalue weighted by Gasteiger charge is 2.30. The van der Waals surface area contributed by atoms with E-state index >= 15 is 0 Å². The number of rotatable bonds is 5. The Morgan fingerprint density at radius 1 is 1.43 bits per heavy atom. The molecular formula is C14H23N5O4. The van der Waals surface area contributed by atoms with Crippen molar-refractivity contribution >= 4 is 23.4 Å². The first kappa shape index (κ1) is 17.4. The Hall–Kier alpha value is -2.00. The fraction of sp³-hybridized carbons (Fsp3) is 0.714. The molecule has 1 fully saturated rings. The molecule has 0 aromatic rings. The zero-order valence-electron chi connectivity index (χ0n) is 13.5. The van der Waals surface area contributed by atoms with E-state index in [0.717, 1.165) is 0 Å². The van der Waals surface area contributed by atoms with Crippen LogP contribution in [0.25, 0.3) is 0 Å². The number of nitrogens with zero attached hydrogens (tertiary/aromatic N) is 4. The van der Waals surface area contributed by atoms with Crippen molar-refractivity contribution in [1.82, 2.24) is 14.8 Å². The summed E-state index contributed by atoms with van der Waals surface area (Å²) < 4.78 is 5.64. The summed E-state index contributed by atoms with van der Waals surface area (Å²) in [7, 11) is 3.33. The smallest absolute Gasteiger partial charge is 0.270 e. The van der Waals surface area contributed by atoms with Gasteiger partial charge in [0.15, 0.2) is 0 Å². The predicted molar refractivity (Wildman–Crippen MR) is 82.5 cm³/mol. The van der Waals surface area contributed by atoms with E-state index in [1.54, 1.807) is 23.9 Å². The number of carbonyl (C=O) groups excluding carboxylic acids is 3. The molecule has 128 valence electrons. The predicted octanol–water partition coefficient (Wildman–Crippen LogP) is -1.76. The molecule has 1 saturated heterocycles. The number of likely N-dealkylation sites (N-methyl/N-ethyl adjacent to an activating group) is 1. The van der Waals surface area contributed by atoms with Crippen molar-refractivity contribution in [3.63, 3.8) is 0 Å². The molecule has 0 saturated carbocycles. The van der Waals surface area contributed by atoms with Crippen LogP contribution in [0.4, 0.5) is 0 Å². The molecule has 2 heterocycles. The Bertz CT molecular complexity index is 521. The Morgan fingerprint density at radius 3 is 2.83 bits per heavy atom. The monoisotopic (exact) mass is 325 g/mol. The van der Waals surface area contributed by atoms with Crippen LogP contribution >= 0.6 is 0 Å². The summed E-state index contributed by atoms with van der Waals surface area (Å²) in [6.07, 6.45) is 0.488. The van der Waals surface area contributed by atoms with E-state index in [1.165, 1.54) is 5.01 Å². The minimum atomic E-state index is -0.402. The molecule has 1 atom stereocenters. The molecule has 2 aliphatic rings. The molecule has 0 unspecified atom stereocenters. The zero-order chi connectivity index (χ0) is 17.0. The third kappa shape index (κ3) is 4.73. The molecule has 0 aromatic heterocycles. The van der Waals surface area contributed by atoms with Gasteiger partial charge in [0.1, 0.15) is 5.71 Å². The standard InChI is InChI=1S/C14H23N5O4/c1-17(9-12(15)20)7-10-8-19(5-6-23-10)14(22)11-3-4-13(21)18(2)16-11/h10H,3-9H2,1-2H3,(H2,15,20)/t10-/m0/s1. The summed E-state index contributed by atoms with van der Waals surface area (Å²) in [4.78, 5) is 38.3. The number of carbonyl (C=O) groups is 3. The van der Waals surface area contributed by atoms with Crippen LogP contribution < -0.4 is 5.73 Å². The van der Waals surface area contributed by atoms with Crippen LogP contribution in [-0.4, -0.2) is 91.2 Å². The number of nitrogens with two attached hydrogens (primary N) is 1. The van der Waals surface area contributed by atoms with Gasteiger partial charge in [-0.25, -0.2) is 5.01 Å². The molecule has 0 aliphatic carbocycles. The number of hydrogen-bond donors (Lipinski definition) is 1. The van der Waals surface area contributed by atoms with Crippen LogP contribution in [0.3, 0.4) is 0 Å². The Kier molecular flexibility index (Phi) is 5.67. The fourth-order valence-corrected chi connectivity index (χ4v) is 2.70. The van der Waals surface area contributed by atoms with Crippen molar-refractivity contribution in [2.24, 2.45) is 10.8 Å². The van der Waals surface area contributed by atoms with E-state index in [2.05, 4.69) is 5.10 Å². The van der Waals surface area contributed by atoms with Crippen molar-refractivity contribution in [2.75, 3.05) is 46.9 Å². The Labute approximate surface area is 135 Å². The van der Waals surface area contributed by atoms with Crippen molar-refractivity contribution in [2.45, 2.75) is 18.9 Å². The fourth-order valence-electron chi connectivity index (χ4n) is 2.70.